The maximum Gasteiger partial charge on any atom is 0.251 e. The Morgan fingerprint density at radius 1 is 1.32 bits per heavy atom. The summed E-state index contributed by atoms with van der Waals surface area (Å²) in [7, 11) is -3.52. The van der Waals surface area contributed by atoms with E-state index >= 15 is 0 Å². The first kappa shape index (κ1) is 16.0. The summed E-state index contributed by atoms with van der Waals surface area (Å²) >= 11 is 11.6. The number of hydrogen-bond acceptors (Lipinski definition) is 4. The molecule has 9 heteroatoms. The van der Waals surface area contributed by atoms with E-state index in [1.54, 1.807) is 0 Å². The Labute approximate surface area is 121 Å². The number of primary sulfonamides is 1. The van der Waals surface area contributed by atoms with Crippen LogP contribution in [0.25, 0.3) is 0 Å². The molecule has 1 aromatic carbocycles. The second-order valence-corrected chi connectivity index (χ2v) is 6.36. The molecule has 1 aromatic rings. The van der Waals surface area contributed by atoms with Crippen LogP contribution in [0.4, 0.5) is 5.69 Å². The number of amides is 1. The van der Waals surface area contributed by atoms with Crippen LogP contribution >= 0.6 is 23.2 Å². The predicted molar refractivity (Wildman–Crippen MR) is 75.8 cm³/mol. The highest BCUT2D eigenvalue weighted by atomic mass is 35.5. The molecule has 0 spiro atoms. The molecule has 0 aliphatic rings. The molecule has 0 unspecified atom stereocenters. The number of halogens is 2. The number of anilines is 1. The Hall–Kier alpha value is -1.02. The molecule has 106 valence electrons. The molecule has 5 N–H and O–H groups in total. The van der Waals surface area contributed by atoms with E-state index in [0.717, 1.165) is 0 Å². The van der Waals surface area contributed by atoms with Gasteiger partial charge in [0.2, 0.25) is 10.0 Å². The molecule has 0 atom stereocenters. The third kappa shape index (κ3) is 5.23. The first-order chi connectivity index (χ1) is 8.70. The van der Waals surface area contributed by atoms with Gasteiger partial charge in [-0.25, -0.2) is 13.6 Å². The molecule has 6 nitrogen and oxygen atoms in total. The zero-order valence-corrected chi connectivity index (χ0v) is 12.1. The average molecular weight is 326 g/mol. The van der Waals surface area contributed by atoms with Crippen LogP contribution in [-0.2, 0) is 10.0 Å². The van der Waals surface area contributed by atoms with Crippen molar-refractivity contribution in [3.05, 3.63) is 27.7 Å². The maximum absolute atomic E-state index is 11.7. The van der Waals surface area contributed by atoms with E-state index in [4.69, 9.17) is 34.1 Å². The van der Waals surface area contributed by atoms with Gasteiger partial charge in [-0.3, -0.25) is 4.79 Å². The van der Waals surface area contributed by atoms with Gasteiger partial charge < -0.3 is 11.1 Å². The van der Waals surface area contributed by atoms with Crippen LogP contribution in [0.2, 0.25) is 10.0 Å². The highest BCUT2D eigenvalue weighted by Crippen LogP contribution is 2.29. The number of nitrogens with one attached hydrogen (secondary N) is 1. The molecular formula is C10H13Cl2N3O3S. The third-order valence-electron chi connectivity index (χ3n) is 2.21. The molecule has 0 aliphatic heterocycles. The summed E-state index contributed by atoms with van der Waals surface area (Å²) in [5.41, 5.74) is 6.03. The minimum Gasteiger partial charge on any atom is -0.397 e. The molecule has 0 radical (unpaired) electrons. The standard InChI is InChI=1S/C10H13Cl2N3O3S/c11-7-4-6(5-8(13)9(7)12)10(16)15-2-1-3-19(14,17)18/h4-5H,1-3,13H2,(H,15,16)(H2,14,17,18). The smallest absolute Gasteiger partial charge is 0.251 e. The number of nitrogen functional groups attached to an aromatic ring is 1. The van der Waals surface area contributed by atoms with E-state index in [1.165, 1.54) is 12.1 Å². The van der Waals surface area contributed by atoms with Gasteiger partial charge in [0.05, 0.1) is 21.5 Å². The Morgan fingerprint density at radius 3 is 2.47 bits per heavy atom. The lowest BCUT2D eigenvalue weighted by atomic mass is 10.2. The van der Waals surface area contributed by atoms with Crippen molar-refractivity contribution in [3.8, 4) is 0 Å². The SMILES string of the molecule is Nc1cc(C(=O)NCCCS(N)(=O)=O)cc(Cl)c1Cl. The van der Waals surface area contributed by atoms with E-state index in [2.05, 4.69) is 5.32 Å². The van der Waals surface area contributed by atoms with Crippen LogP contribution in [0.3, 0.4) is 0 Å². The van der Waals surface area contributed by atoms with E-state index in [1.807, 2.05) is 0 Å². The van der Waals surface area contributed by atoms with Crippen LogP contribution in [0.1, 0.15) is 16.8 Å². The van der Waals surface area contributed by atoms with Crippen molar-refractivity contribution in [1.82, 2.24) is 5.32 Å². The summed E-state index contributed by atoms with van der Waals surface area (Å²) in [5, 5.41) is 7.72. The fraction of sp³-hybridized carbons (Fsp3) is 0.300. The van der Waals surface area contributed by atoms with Gasteiger partial charge in [0.25, 0.3) is 5.91 Å². The predicted octanol–water partition coefficient (Wildman–Crippen LogP) is 0.984. The zero-order valence-electron chi connectivity index (χ0n) is 9.82. The number of nitrogens with two attached hydrogens (primary N) is 2. The van der Waals surface area contributed by atoms with E-state index in [-0.39, 0.29) is 40.0 Å². The average Bonchev–Trinajstić information content (AvgIpc) is 2.29. The van der Waals surface area contributed by atoms with Gasteiger partial charge >= 0.3 is 0 Å². The molecule has 0 aliphatic carbocycles. The molecule has 0 bridgehead atoms. The number of carbonyl (C=O) groups is 1. The fourth-order valence-electron chi connectivity index (χ4n) is 1.32. The normalized spacial score (nSPS) is 11.3. The Bertz CT molecular complexity index is 567. The molecule has 0 fully saturated rings. The molecule has 0 saturated carbocycles. The second-order valence-electron chi connectivity index (χ2n) is 3.84. The Kier molecular flexibility index (Phi) is 5.42. The molecule has 1 amide bonds. The van der Waals surface area contributed by atoms with Gasteiger partial charge in [0.15, 0.2) is 0 Å². The number of sulfonamides is 1. The highest BCUT2D eigenvalue weighted by Gasteiger charge is 2.11. The van der Waals surface area contributed by atoms with Crippen molar-refractivity contribution in [3.63, 3.8) is 0 Å². The lowest BCUT2D eigenvalue weighted by Crippen LogP contribution is -2.27. The lowest BCUT2D eigenvalue weighted by molar-refractivity contribution is 0.0953. The Balaban J connectivity index is 2.60. The number of carbonyl (C=O) groups excluding carboxylic acids is 1. The molecule has 0 saturated heterocycles. The maximum atomic E-state index is 11.7. The minimum atomic E-state index is -3.52. The quantitative estimate of drug-likeness (QED) is 0.552. The van der Waals surface area contributed by atoms with Crippen molar-refractivity contribution >= 4 is 44.8 Å². The van der Waals surface area contributed by atoms with Crippen molar-refractivity contribution in [2.24, 2.45) is 5.14 Å². The van der Waals surface area contributed by atoms with Gasteiger partial charge in [-0.1, -0.05) is 23.2 Å². The van der Waals surface area contributed by atoms with Crippen molar-refractivity contribution in [2.45, 2.75) is 6.42 Å². The van der Waals surface area contributed by atoms with Crippen LogP contribution in [0.15, 0.2) is 12.1 Å². The topological polar surface area (TPSA) is 115 Å². The van der Waals surface area contributed by atoms with Crippen molar-refractivity contribution in [1.29, 1.82) is 0 Å². The fourth-order valence-corrected chi connectivity index (χ4v) is 2.20. The minimum absolute atomic E-state index is 0.176. The van der Waals surface area contributed by atoms with Gasteiger partial charge in [-0.15, -0.1) is 0 Å². The van der Waals surface area contributed by atoms with Crippen LogP contribution in [0.5, 0.6) is 0 Å². The van der Waals surface area contributed by atoms with Gasteiger partial charge in [-0.05, 0) is 18.6 Å². The van der Waals surface area contributed by atoms with E-state index in [0.29, 0.717) is 0 Å². The van der Waals surface area contributed by atoms with Gasteiger partial charge in [-0.2, -0.15) is 0 Å². The van der Waals surface area contributed by atoms with Crippen molar-refractivity contribution in [2.75, 3.05) is 18.0 Å². The van der Waals surface area contributed by atoms with Crippen LogP contribution < -0.4 is 16.2 Å². The second kappa shape index (κ2) is 6.42. The van der Waals surface area contributed by atoms with Gasteiger partial charge in [0.1, 0.15) is 0 Å². The molecular weight excluding hydrogens is 313 g/mol. The first-order valence-corrected chi connectivity index (χ1v) is 7.71. The first-order valence-electron chi connectivity index (χ1n) is 5.24. The summed E-state index contributed by atoms with van der Waals surface area (Å²) < 4.78 is 21.4. The van der Waals surface area contributed by atoms with E-state index in [9.17, 15) is 13.2 Å². The summed E-state index contributed by atoms with van der Waals surface area (Å²) in [6, 6.07) is 2.78. The molecule has 19 heavy (non-hydrogen) atoms. The monoisotopic (exact) mass is 325 g/mol. The third-order valence-corrected chi connectivity index (χ3v) is 3.88. The number of rotatable bonds is 5. The number of benzene rings is 1. The molecule has 0 heterocycles. The summed E-state index contributed by atoms with van der Waals surface area (Å²) in [6.45, 7) is 0.176. The zero-order chi connectivity index (χ0) is 14.6. The Morgan fingerprint density at radius 2 is 1.95 bits per heavy atom. The largest absolute Gasteiger partial charge is 0.397 e. The van der Waals surface area contributed by atoms with Gasteiger partial charge in [0, 0.05) is 12.1 Å². The summed E-state index contributed by atoms with van der Waals surface area (Å²) in [4.78, 5) is 11.7. The summed E-state index contributed by atoms with van der Waals surface area (Å²) in [5.74, 6) is -0.615. The highest BCUT2D eigenvalue weighted by molar-refractivity contribution is 7.89. The van der Waals surface area contributed by atoms with E-state index < -0.39 is 15.9 Å². The number of hydrogen-bond donors (Lipinski definition) is 3. The molecule has 0 aromatic heterocycles. The van der Waals surface area contributed by atoms with Crippen LogP contribution in [0, 0.1) is 0 Å². The molecule has 1 rings (SSSR count). The van der Waals surface area contributed by atoms with Crippen molar-refractivity contribution < 1.29 is 13.2 Å². The van der Waals surface area contributed by atoms with Crippen LogP contribution in [-0.4, -0.2) is 26.6 Å². The lowest BCUT2D eigenvalue weighted by Gasteiger charge is -2.07. The summed E-state index contributed by atoms with van der Waals surface area (Å²) in [6.07, 6.45) is 0.224.